The quantitative estimate of drug-likeness (QED) is 0.298. The maximum absolute atomic E-state index is 13.7. The maximum atomic E-state index is 13.7. The summed E-state index contributed by atoms with van der Waals surface area (Å²) in [5, 5.41) is 4.13. The predicted molar refractivity (Wildman–Crippen MR) is 147 cm³/mol. The fourth-order valence-electron chi connectivity index (χ4n) is 4.78. The van der Waals surface area contributed by atoms with Crippen molar-refractivity contribution in [1.29, 1.82) is 0 Å². The Morgan fingerprint density at radius 1 is 1.03 bits per heavy atom. The number of hydrogen-bond donors (Lipinski definition) is 1. The molecule has 1 aliphatic rings. The molecule has 2 aromatic heterocycles. The predicted octanol–water partition coefficient (Wildman–Crippen LogP) is 6.97. The highest BCUT2D eigenvalue weighted by molar-refractivity contribution is 5.93. The molecule has 39 heavy (non-hydrogen) atoms. The second kappa shape index (κ2) is 10.5. The number of nitrogens with one attached hydrogen (secondary N) is 1. The minimum Gasteiger partial charge on any atom is -0.376 e. The second-order valence-corrected chi connectivity index (χ2v) is 11.0. The van der Waals surface area contributed by atoms with Crippen molar-refractivity contribution < 1.29 is 17.9 Å². The number of halogens is 3. The Hall–Kier alpha value is -3.56. The van der Waals surface area contributed by atoms with Crippen molar-refractivity contribution in [3.05, 3.63) is 77.7 Å². The fraction of sp³-hybridized carbons (Fsp3) is 0.367. The third-order valence-electron chi connectivity index (χ3n) is 6.83. The van der Waals surface area contributed by atoms with Gasteiger partial charge in [0.25, 0.3) is 0 Å². The SMILES string of the molecule is C[C@@H]1CN(Cc2nc(Nc3ccc(C(C)(C)C)cc3)c3ccc(-c4ncccc4C(F)(F)F)cc3n2)CCO1. The molecular weight excluding hydrogens is 503 g/mol. The summed E-state index contributed by atoms with van der Waals surface area (Å²) in [7, 11) is 0. The number of nitrogens with zero attached hydrogens (tertiary/aromatic N) is 4. The molecule has 1 saturated heterocycles. The summed E-state index contributed by atoms with van der Waals surface area (Å²) in [6.45, 7) is 11.2. The lowest BCUT2D eigenvalue weighted by atomic mass is 9.87. The van der Waals surface area contributed by atoms with Crippen molar-refractivity contribution in [1.82, 2.24) is 19.9 Å². The van der Waals surface area contributed by atoms with Crippen LogP contribution in [0.2, 0.25) is 0 Å². The second-order valence-electron chi connectivity index (χ2n) is 11.0. The zero-order chi connectivity index (χ0) is 27.8. The average Bonchev–Trinajstić information content (AvgIpc) is 2.88. The van der Waals surface area contributed by atoms with Crippen molar-refractivity contribution in [3.63, 3.8) is 0 Å². The molecule has 0 aliphatic carbocycles. The van der Waals surface area contributed by atoms with E-state index < -0.39 is 11.7 Å². The first-order chi connectivity index (χ1) is 18.5. The van der Waals surface area contributed by atoms with Gasteiger partial charge in [-0.3, -0.25) is 9.88 Å². The van der Waals surface area contributed by atoms with Gasteiger partial charge in [0.05, 0.1) is 36.0 Å². The van der Waals surface area contributed by atoms with E-state index in [0.29, 0.717) is 41.3 Å². The van der Waals surface area contributed by atoms with Crippen molar-refractivity contribution in [2.75, 3.05) is 25.0 Å². The van der Waals surface area contributed by atoms with Crippen LogP contribution in [0.1, 0.15) is 44.6 Å². The lowest BCUT2D eigenvalue weighted by Crippen LogP contribution is -2.40. The number of pyridine rings is 1. The lowest BCUT2D eigenvalue weighted by molar-refractivity contribution is -0.137. The van der Waals surface area contributed by atoms with Crippen molar-refractivity contribution in [2.24, 2.45) is 0 Å². The summed E-state index contributed by atoms with van der Waals surface area (Å²) in [6, 6.07) is 15.6. The molecule has 9 heteroatoms. The van der Waals surface area contributed by atoms with Gasteiger partial charge in [-0.2, -0.15) is 13.2 Å². The first-order valence-corrected chi connectivity index (χ1v) is 13.0. The van der Waals surface area contributed by atoms with Crippen LogP contribution in [-0.2, 0) is 22.9 Å². The number of rotatable bonds is 5. The van der Waals surface area contributed by atoms with E-state index in [1.54, 1.807) is 18.2 Å². The molecule has 0 bridgehead atoms. The minimum absolute atomic E-state index is 0.0275. The van der Waals surface area contributed by atoms with Crippen LogP contribution in [0.5, 0.6) is 0 Å². The van der Waals surface area contributed by atoms with Gasteiger partial charge in [-0.15, -0.1) is 0 Å². The topological polar surface area (TPSA) is 63.2 Å². The standard InChI is InChI=1S/C30H32F3N5O/c1-19-17-38(14-15-39-19)18-26-36-25-16-20(27-24(30(31,32)33)6-5-13-34-27)7-12-23(25)28(37-26)35-22-10-8-21(9-11-22)29(2,3)4/h5-13,16,19H,14-15,17-18H2,1-4H3,(H,35,36,37)/t19-/m1/s1. The van der Waals surface area contributed by atoms with Crippen molar-refractivity contribution in [3.8, 4) is 11.3 Å². The number of morpholine rings is 1. The third kappa shape index (κ3) is 6.20. The number of fused-ring (bicyclic) bond motifs is 1. The zero-order valence-electron chi connectivity index (χ0n) is 22.5. The summed E-state index contributed by atoms with van der Waals surface area (Å²) in [6.07, 6.45) is -3.04. The molecule has 5 rings (SSSR count). The Morgan fingerprint density at radius 2 is 1.79 bits per heavy atom. The van der Waals surface area contributed by atoms with E-state index in [9.17, 15) is 13.2 Å². The highest BCUT2D eigenvalue weighted by Crippen LogP contribution is 2.37. The van der Waals surface area contributed by atoms with Gasteiger partial charge in [-0.25, -0.2) is 9.97 Å². The van der Waals surface area contributed by atoms with Crippen LogP contribution in [0.25, 0.3) is 22.2 Å². The van der Waals surface area contributed by atoms with E-state index in [0.717, 1.165) is 24.8 Å². The van der Waals surface area contributed by atoms with Crippen LogP contribution in [0.3, 0.4) is 0 Å². The molecule has 0 spiro atoms. The van der Waals surface area contributed by atoms with E-state index in [1.807, 2.05) is 19.1 Å². The number of ether oxygens (including phenoxy) is 1. The molecule has 0 radical (unpaired) electrons. The van der Waals surface area contributed by atoms with Crippen LogP contribution in [0.4, 0.5) is 24.7 Å². The molecule has 0 saturated carbocycles. The van der Waals surface area contributed by atoms with Crippen LogP contribution < -0.4 is 5.32 Å². The number of hydrogen-bond acceptors (Lipinski definition) is 6. The summed E-state index contributed by atoms with van der Waals surface area (Å²) in [5.74, 6) is 1.18. The van der Waals surface area contributed by atoms with Gasteiger partial charge >= 0.3 is 6.18 Å². The molecule has 1 aliphatic heterocycles. The molecular formula is C30H32F3N5O. The Bertz CT molecular complexity index is 1460. The minimum atomic E-state index is -4.52. The van der Waals surface area contributed by atoms with Gasteiger partial charge in [-0.1, -0.05) is 39.0 Å². The highest BCUT2D eigenvalue weighted by Gasteiger charge is 2.34. The smallest absolute Gasteiger partial charge is 0.376 e. The van der Waals surface area contributed by atoms with Gasteiger partial charge in [0.1, 0.15) is 11.6 Å². The monoisotopic (exact) mass is 535 g/mol. The van der Waals surface area contributed by atoms with Gasteiger partial charge < -0.3 is 10.1 Å². The van der Waals surface area contributed by atoms with Crippen LogP contribution in [0, 0.1) is 0 Å². The molecule has 0 amide bonds. The molecule has 2 aromatic carbocycles. The summed E-state index contributed by atoms with van der Waals surface area (Å²) in [5.41, 5.74) is 2.09. The van der Waals surface area contributed by atoms with E-state index in [1.165, 1.54) is 17.8 Å². The van der Waals surface area contributed by atoms with Crippen LogP contribution >= 0.6 is 0 Å². The summed E-state index contributed by atoms with van der Waals surface area (Å²) in [4.78, 5) is 15.9. The van der Waals surface area contributed by atoms with Crippen molar-refractivity contribution >= 4 is 22.4 Å². The summed E-state index contributed by atoms with van der Waals surface area (Å²) < 4.78 is 46.8. The van der Waals surface area contributed by atoms with E-state index in [-0.39, 0.29) is 17.2 Å². The normalized spacial score (nSPS) is 16.9. The molecule has 3 heterocycles. The zero-order valence-corrected chi connectivity index (χ0v) is 22.5. The van der Waals surface area contributed by atoms with E-state index in [2.05, 4.69) is 48.1 Å². The number of anilines is 2. The maximum Gasteiger partial charge on any atom is 0.418 e. The Labute approximate surface area is 226 Å². The molecule has 204 valence electrons. The van der Waals surface area contributed by atoms with Gasteiger partial charge in [0.2, 0.25) is 0 Å². The fourth-order valence-corrected chi connectivity index (χ4v) is 4.78. The number of alkyl halides is 3. The number of aromatic nitrogens is 3. The van der Waals surface area contributed by atoms with Gasteiger partial charge in [-0.05, 0) is 54.3 Å². The first kappa shape index (κ1) is 27.0. The molecule has 1 atom stereocenters. The van der Waals surface area contributed by atoms with Gasteiger partial charge in [0, 0.05) is 35.9 Å². The van der Waals surface area contributed by atoms with Crippen LogP contribution in [-0.4, -0.2) is 45.7 Å². The summed E-state index contributed by atoms with van der Waals surface area (Å²) >= 11 is 0. The van der Waals surface area contributed by atoms with Gasteiger partial charge in [0.15, 0.2) is 0 Å². The molecule has 0 unspecified atom stereocenters. The first-order valence-electron chi connectivity index (χ1n) is 13.0. The third-order valence-corrected chi connectivity index (χ3v) is 6.83. The molecule has 4 aromatic rings. The molecule has 1 fully saturated rings. The Balaban J connectivity index is 1.57. The average molecular weight is 536 g/mol. The molecule has 1 N–H and O–H groups in total. The van der Waals surface area contributed by atoms with Crippen LogP contribution in [0.15, 0.2) is 60.8 Å². The van der Waals surface area contributed by atoms with Crippen molar-refractivity contribution in [2.45, 2.75) is 51.9 Å². The largest absolute Gasteiger partial charge is 0.418 e. The molecule has 6 nitrogen and oxygen atoms in total. The highest BCUT2D eigenvalue weighted by atomic mass is 19.4. The van der Waals surface area contributed by atoms with E-state index in [4.69, 9.17) is 14.7 Å². The Kier molecular flexibility index (Phi) is 7.31. The lowest BCUT2D eigenvalue weighted by Gasteiger charge is -2.30. The Morgan fingerprint density at radius 3 is 2.49 bits per heavy atom. The number of benzene rings is 2. The van der Waals surface area contributed by atoms with E-state index >= 15 is 0 Å².